The molecule has 6 nitrogen and oxygen atoms in total. The lowest BCUT2D eigenvalue weighted by Gasteiger charge is -2.19. The molecule has 1 aliphatic rings. The Balaban J connectivity index is 1.41. The van der Waals surface area contributed by atoms with Crippen molar-refractivity contribution in [2.75, 3.05) is 33.8 Å². The lowest BCUT2D eigenvalue weighted by atomic mass is 9.96. The van der Waals surface area contributed by atoms with E-state index in [1.807, 2.05) is 6.07 Å². The number of hydrogen-bond donors (Lipinski definition) is 3. The third-order valence-electron chi connectivity index (χ3n) is 5.16. The second kappa shape index (κ2) is 9.41. The molecule has 3 rings (SSSR count). The Morgan fingerprint density at radius 1 is 1.10 bits per heavy atom. The number of carbonyl (C=O) groups excluding carboxylic acids is 1. The Hall–Kier alpha value is -3.09. The first kappa shape index (κ1) is 20.6. The van der Waals surface area contributed by atoms with Gasteiger partial charge in [-0.1, -0.05) is 12.1 Å². The maximum atomic E-state index is 13.5. The predicted octanol–water partition coefficient (Wildman–Crippen LogP) is 2.46. The molecule has 0 unspecified atom stereocenters. The Bertz CT molecular complexity index is 863. The Morgan fingerprint density at radius 2 is 1.83 bits per heavy atom. The van der Waals surface area contributed by atoms with Gasteiger partial charge in [0.25, 0.3) is 5.91 Å². The number of aliphatic imine (C=N–C) groups is 1. The van der Waals surface area contributed by atoms with Crippen LogP contribution in [0.4, 0.5) is 4.39 Å². The normalized spacial score (nSPS) is 14.8. The average Bonchev–Trinajstić information content (AvgIpc) is 3.54. The molecule has 0 aromatic heterocycles. The van der Waals surface area contributed by atoms with Gasteiger partial charge < -0.3 is 20.7 Å². The maximum Gasteiger partial charge on any atom is 0.251 e. The molecule has 29 heavy (non-hydrogen) atoms. The highest BCUT2D eigenvalue weighted by atomic mass is 19.1. The number of methoxy groups -OCH3 is 1. The summed E-state index contributed by atoms with van der Waals surface area (Å²) in [4.78, 5) is 16.4. The summed E-state index contributed by atoms with van der Waals surface area (Å²) < 4.78 is 18.6. The molecule has 1 aliphatic carbocycles. The van der Waals surface area contributed by atoms with Crippen LogP contribution in [0.5, 0.6) is 5.75 Å². The number of ether oxygens (including phenoxy) is 1. The van der Waals surface area contributed by atoms with Crippen molar-refractivity contribution in [2.45, 2.75) is 18.3 Å². The fraction of sp³-hybridized carbons (Fsp3) is 0.364. The largest absolute Gasteiger partial charge is 0.497 e. The number of nitrogens with one attached hydrogen (secondary N) is 3. The molecular weight excluding hydrogens is 371 g/mol. The van der Waals surface area contributed by atoms with Crippen molar-refractivity contribution in [3.63, 3.8) is 0 Å². The van der Waals surface area contributed by atoms with Crippen LogP contribution >= 0.6 is 0 Å². The van der Waals surface area contributed by atoms with E-state index in [1.165, 1.54) is 6.07 Å². The van der Waals surface area contributed by atoms with Crippen LogP contribution in [0, 0.1) is 5.82 Å². The van der Waals surface area contributed by atoms with E-state index >= 15 is 0 Å². The lowest BCUT2D eigenvalue weighted by Crippen LogP contribution is -2.44. The second-order valence-electron chi connectivity index (χ2n) is 7.13. The molecule has 0 saturated heterocycles. The molecule has 154 valence electrons. The van der Waals surface area contributed by atoms with Gasteiger partial charge in [-0.15, -0.1) is 0 Å². The van der Waals surface area contributed by atoms with Gasteiger partial charge in [0, 0.05) is 37.7 Å². The van der Waals surface area contributed by atoms with Gasteiger partial charge in [0.1, 0.15) is 11.6 Å². The Kier molecular flexibility index (Phi) is 6.69. The van der Waals surface area contributed by atoms with Crippen molar-refractivity contribution in [1.82, 2.24) is 16.0 Å². The first-order valence-electron chi connectivity index (χ1n) is 9.69. The van der Waals surface area contributed by atoms with Gasteiger partial charge in [-0.3, -0.25) is 9.79 Å². The van der Waals surface area contributed by atoms with Crippen LogP contribution in [0.2, 0.25) is 0 Å². The zero-order valence-corrected chi connectivity index (χ0v) is 16.8. The minimum absolute atomic E-state index is 0.0255. The number of nitrogens with zero attached hydrogens (tertiary/aromatic N) is 1. The zero-order chi connectivity index (χ0) is 20.7. The molecule has 0 atom stereocenters. The van der Waals surface area contributed by atoms with Crippen molar-refractivity contribution < 1.29 is 13.9 Å². The molecule has 2 aromatic rings. The highest BCUT2D eigenvalue weighted by Gasteiger charge is 2.44. The number of amides is 1. The van der Waals surface area contributed by atoms with E-state index in [9.17, 15) is 9.18 Å². The summed E-state index contributed by atoms with van der Waals surface area (Å²) in [5, 5.41) is 9.37. The number of halogens is 1. The van der Waals surface area contributed by atoms with Gasteiger partial charge in [0.15, 0.2) is 5.96 Å². The van der Waals surface area contributed by atoms with E-state index in [1.54, 1.807) is 50.6 Å². The number of hydrogen-bond acceptors (Lipinski definition) is 3. The lowest BCUT2D eigenvalue weighted by molar-refractivity contribution is 0.0954. The van der Waals surface area contributed by atoms with Crippen LogP contribution in [0.3, 0.4) is 0 Å². The standard InChI is InChI=1S/C22H27FN4O2/c1-24-21(27-15-22(10-11-22)17-4-3-5-18(23)14-17)26-13-12-25-20(28)16-6-8-19(29-2)9-7-16/h3-9,14H,10-13,15H2,1-2H3,(H,25,28)(H2,24,26,27). The van der Waals surface area contributed by atoms with Gasteiger partial charge in [-0.2, -0.15) is 0 Å². The summed E-state index contributed by atoms with van der Waals surface area (Å²) in [5.41, 5.74) is 1.58. The molecule has 7 heteroatoms. The molecule has 0 heterocycles. The molecule has 0 radical (unpaired) electrons. The first-order chi connectivity index (χ1) is 14.1. The fourth-order valence-corrected chi connectivity index (χ4v) is 3.21. The minimum Gasteiger partial charge on any atom is -0.497 e. The maximum absolute atomic E-state index is 13.5. The van der Waals surface area contributed by atoms with Crippen molar-refractivity contribution >= 4 is 11.9 Å². The van der Waals surface area contributed by atoms with Crippen molar-refractivity contribution in [3.8, 4) is 5.75 Å². The van der Waals surface area contributed by atoms with E-state index in [-0.39, 0.29) is 17.1 Å². The Morgan fingerprint density at radius 3 is 2.45 bits per heavy atom. The van der Waals surface area contributed by atoms with Gasteiger partial charge >= 0.3 is 0 Å². The summed E-state index contributed by atoms with van der Waals surface area (Å²) in [5.74, 6) is 1.03. The van der Waals surface area contributed by atoms with E-state index in [0.717, 1.165) is 18.4 Å². The molecule has 0 spiro atoms. The highest BCUT2D eigenvalue weighted by molar-refractivity contribution is 5.94. The number of carbonyl (C=O) groups is 1. The summed E-state index contributed by atoms with van der Waals surface area (Å²) in [6, 6.07) is 13.8. The molecule has 3 N–H and O–H groups in total. The van der Waals surface area contributed by atoms with Gasteiger partial charge in [0.2, 0.25) is 0 Å². The third-order valence-corrected chi connectivity index (χ3v) is 5.16. The molecule has 1 amide bonds. The van der Waals surface area contributed by atoms with Crippen molar-refractivity contribution in [1.29, 1.82) is 0 Å². The van der Waals surface area contributed by atoms with Crippen LogP contribution < -0.4 is 20.7 Å². The van der Waals surface area contributed by atoms with Gasteiger partial charge in [0.05, 0.1) is 7.11 Å². The molecule has 1 saturated carbocycles. The number of guanidine groups is 1. The van der Waals surface area contributed by atoms with Crippen molar-refractivity contribution in [2.24, 2.45) is 4.99 Å². The average molecular weight is 398 g/mol. The van der Waals surface area contributed by atoms with Crippen molar-refractivity contribution in [3.05, 3.63) is 65.5 Å². The van der Waals surface area contributed by atoms with Crippen LogP contribution in [0.1, 0.15) is 28.8 Å². The molecule has 0 aliphatic heterocycles. The van der Waals surface area contributed by atoms with Crippen LogP contribution in [-0.4, -0.2) is 45.7 Å². The van der Waals surface area contributed by atoms with E-state index in [2.05, 4.69) is 20.9 Å². The predicted molar refractivity (Wildman–Crippen MR) is 112 cm³/mol. The monoisotopic (exact) mass is 398 g/mol. The van der Waals surface area contributed by atoms with Crippen LogP contribution in [0.15, 0.2) is 53.5 Å². The summed E-state index contributed by atoms with van der Waals surface area (Å²) in [6.45, 7) is 1.68. The van der Waals surface area contributed by atoms with Gasteiger partial charge in [-0.25, -0.2) is 4.39 Å². The molecule has 1 fully saturated rings. The topological polar surface area (TPSA) is 74.8 Å². The second-order valence-corrected chi connectivity index (χ2v) is 7.13. The van der Waals surface area contributed by atoms with Gasteiger partial charge in [-0.05, 0) is 54.8 Å². The molecular formula is C22H27FN4O2. The minimum atomic E-state index is -0.205. The highest BCUT2D eigenvalue weighted by Crippen LogP contribution is 2.47. The summed E-state index contributed by atoms with van der Waals surface area (Å²) >= 11 is 0. The van der Waals surface area contributed by atoms with E-state index < -0.39 is 0 Å². The zero-order valence-electron chi connectivity index (χ0n) is 16.8. The van der Waals surface area contributed by atoms with Crippen LogP contribution in [-0.2, 0) is 5.41 Å². The van der Waals surface area contributed by atoms with E-state index in [0.29, 0.717) is 36.9 Å². The quantitative estimate of drug-likeness (QED) is 0.363. The van der Waals surface area contributed by atoms with E-state index in [4.69, 9.17) is 4.74 Å². The summed E-state index contributed by atoms with van der Waals surface area (Å²) in [7, 11) is 3.29. The first-order valence-corrected chi connectivity index (χ1v) is 9.69. The number of benzene rings is 2. The SMILES string of the molecule is CN=C(NCCNC(=O)c1ccc(OC)cc1)NCC1(c2cccc(F)c2)CC1. The smallest absolute Gasteiger partial charge is 0.251 e. The number of rotatable bonds is 8. The fourth-order valence-electron chi connectivity index (χ4n) is 3.21. The molecule has 0 bridgehead atoms. The summed E-state index contributed by atoms with van der Waals surface area (Å²) in [6.07, 6.45) is 2.05. The van der Waals surface area contributed by atoms with Crippen LogP contribution in [0.25, 0.3) is 0 Å². The Labute approximate surface area is 170 Å². The third kappa shape index (κ3) is 5.47. The molecule has 2 aromatic carbocycles.